The van der Waals surface area contributed by atoms with Crippen LogP contribution in [0.3, 0.4) is 0 Å². The summed E-state index contributed by atoms with van der Waals surface area (Å²) in [6, 6.07) is 0. The number of rotatable bonds is 1. The minimum Gasteiger partial charge on any atom is -0.378 e. The molecule has 0 aromatic rings. The molecule has 2 aliphatic rings. The summed E-state index contributed by atoms with van der Waals surface area (Å²) in [5, 5.41) is 0. The smallest absolute Gasteiger partial charge is 0.251 e. The summed E-state index contributed by atoms with van der Waals surface area (Å²) in [5.74, 6) is 0.160. The van der Waals surface area contributed by atoms with Crippen molar-refractivity contribution in [2.45, 2.75) is 25.4 Å². The van der Waals surface area contributed by atoms with Crippen molar-refractivity contribution in [3.63, 3.8) is 0 Å². The number of hydrogen-bond donors (Lipinski definition) is 0. The molecule has 0 saturated carbocycles. The first-order valence-electron chi connectivity index (χ1n) is 5.36. The van der Waals surface area contributed by atoms with E-state index in [1.807, 2.05) is 4.90 Å². The van der Waals surface area contributed by atoms with Gasteiger partial charge in [0.15, 0.2) is 0 Å². The Morgan fingerprint density at radius 3 is 2.57 bits per heavy atom. The SMILES string of the molecule is O=C(C1CCCCO1)N1CCOCC1. The maximum atomic E-state index is 11.9. The molecule has 0 aromatic carbocycles. The van der Waals surface area contributed by atoms with Crippen LogP contribution < -0.4 is 0 Å². The molecule has 0 radical (unpaired) electrons. The van der Waals surface area contributed by atoms with Gasteiger partial charge in [-0.2, -0.15) is 0 Å². The van der Waals surface area contributed by atoms with Crippen LogP contribution in [0.15, 0.2) is 0 Å². The molecular formula is C10H17NO3. The fourth-order valence-electron chi connectivity index (χ4n) is 1.92. The van der Waals surface area contributed by atoms with Gasteiger partial charge in [-0.15, -0.1) is 0 Å². The van der Waals surface area contributed by atoms with Crippen molar-refractivity contribution in [2.24, 2.45) is 0 Å². The number of morpholine rings is 1. The fraction of sp³-hybridized carbons (Fsp3) is 0.900. The molecule has 2 heterocycles. The highest BCUT2D eigenvalue weighted by molar-refractivity contribution is 5.81. The topological polar surface area (TPSA) is 38.8 Å². The number of amides is 1. The summed E-state index contributed by atoms with van der Waals surface area (Å²) < 4.78 is 10.7. The second-order valence-corrected chi connectivity index (χ2v) is 3.79. The minimum atomic E-state index is -0.179. The monoisotopic (exact) mass is 199 g/mol. The Morgan fingerprint density at radius 1 is 1.14 bits per heavy atom. The lowest BCUT2D eigenvalue weighted by Gasteiger charge is -2.31. The average molecular weight is 199 g/mol. The molecule has 0 N–H and O–H groups in total. The van der Waals surface area contributed by atoms with Gasteiger partial charge in [-0.3, -0.25) is 4.79 Å². The van der Waals surface area contributed by atoms with E-state index >= 15 is 0 Å². The number of carbonyl (C=O) groups excluding carboxylic acids is 1. The van der Waals surface area contributed by atoms with E-state index in [9.17, 15) is 4.79 Å². The highest BCUT2D eigenvalue weighted by Crippen LogP contribution is 2.15. The molecule has 1 amide bonds. The van der Waals surface area contributed by atoms with E-state index in [4.69, 9.17) is 9.47 Å². The molecule has 4 heteroatoms. The molecule has 2 fully saturated rings. The van der Waals surface area contributed by atoms with Gasteiger partial charge >= 0.3 is 0 Å². The van der Waals surface area contributed by atoms with Gasteiger partial charge in [-0.1, -0.05) is 0 Å². The second kappa shape index (κ2) is 4.75. The Labute approximate surface area is 84.2 Å². The third-order valence-corrected chi connectivity index (χ3v) is 2.78. The molecular weight excluding hydrogens is 182 g/mol. The molecule has 1 unspecified atom stereocenters. The van der Waals surface area contributed by atoms with Crippen LogP contribution in [-0.2, 0) is 14.3 Å². The van der Waals surface area contributed by atoms with Gasteiger partial charge in [0.25, 0.3) is 5.91 Å². The summed E-state index contributed by atoms with van der Waals surface area (Å²) in [4.78, 5) is 13.8. The van der Waals surface area contributed by atoms with Crippen molar-refractivity contribution < 1.29 is 14.3 Å². The van der Waals surface area contributed by atoms with Crippen molar-refractivity contribution in [2.75, 3.05) is 32.9 Å². The third kappa shape index (κ3) is 2.25. The summed E-state index contributed by atoms with van der Waals surface area (Å²) in [6.45, 7) is 3.51. The van der Waals surface area contributed by atoms with E-state index in [0.717, 1.165) is 39.0 Å². The maximum absolute atomic E-state index is 11.9. The van der Waals surface area contributed by atoms with Crippen molar-refractivity contribution in [3.05, 3.63) is 0 Å². The molecule has 14 heavy (non-hydrogen) atoms. The molecule has 0 spiro atoms. The molecule has 0 aliphatic carbocycles. The van der Waals surface area contributed by atoms with E-state index in [1.165, 1.54) is 0 Å². The maximum Gasteiger partial charge on any atom is 0.251 e. The van der Waals surface area contributed by atoms with Crippen LogP contribution in [0.2, 0.25) is 0 Å². The van der Waals surface area contributed by atoms with E-state index in [-0.39, 0.29) is 12.0 Å². The molecule has 80 valence electrons. The Bertz CT molecular complexity index is 176. The largest absolute Gasteiger partial charge is 0.378 e. The van der Waals surface area contributed by atoms with Gasteiger partial charge in [0.1, 0.15) is 6.10 Å². The van der Waals surface area contributed by atoms with E-state index < -0.39 is 0 Å². The van der Waals surface area contributed by atoms with Crippen LogP contribution >= 0.6 is 0 Å². The van der Waals surface area contributed by atoms with Crippen LogP contribution in [0.4, 0.5) is 0 Å². The predicted molar refractivity (Wildman–Crippen MR) is 51.0 cm³/mol. The van der Waals surface area contributed by atoms with Crippen molar-refractivity contribution in [1.29, 1.82) is 0 Å². The Kier molecular flexibility index (Phi) is 3.37. The van der Waals surface area contributed by atoms with Gasteiger partial charge < -0.3 is 14.4 Å². The number of carbonyl (C=O) groups is 1. The first-order chi connectivity index (χ1) is 6.88. The normalized spacial score (nSPS) is 28.9. The van der Waals surface area contributed by atoms with Gasteiger partial charge in [-0.05, 0) is 19.3 Å². The molecule has 0 bridgehead atoms. The lowest BCUT2D eigenvalue weighted by atomic mass is 10.1. The van der Waals surface area contributed by atoms with Crippen LogP contribution in [0, 0.1) is 0 Å². The van der Waals surface area contributed by atoms with Gasteiger partial charge in [0, 0.05) is 19.7 Å². The first kappa shape index (κ1) is 9.93. The molecule has 0 aromatic heterocycles. The molecule has 2 rings (SSSR count). The highest BCUT2D eigenvalue weighted by Gasteiger charge is 2.27. The van der Waals surface area contributed by atoms with Gasteiger partial charge in [-0.25, -0.2) is 0 Å². The summed E-state index contributed by atoms with van der Waals surface area (Å²) >= 11 is 0. The van der Waals surface area contributed by atoms with Crippen molar-refractivity contribution >= 4 is 5.91 Å². The highest BCUT2D eigenvalue weighted by atomic mass is 16.5. The van der Waals surface area contributed by atoms with Crippen molar-refractivity contribution in [3.8, 4) is 0 Å². The zero-order valence-corrected chi connectivity index (χ0v) is 8.41. The summed E-state index contributed by atoms with van der Waals surface area (Å²) in [7, 11) is 0. The standard InChI is InChI=1S/C10H17NO3/c12-10(9-3-1-2-6-14-9)11-4-7-13-8-5-11/h9H,1-8H2. The van der Waals surface area contributed by atoms with Crippen LogP contribution in [0.25, 0.3) is 0 Å². The molecule has 2 saturated heterocycles. The van der Waals surface area contributed by atoms with E-state index in [2.05, 4.69) is 0 Å². The Hall–Kier alpha value is -0.610. The van der Waals surface area contributed by atoms with E-state index in [1.54, 1.807) is 0 Å². The predicted octanol–water partition coefficient (Wildman–Crippen LogP) is 0.414. The zero-order valence-electron chi connectivity index (χ0n) is 8.41. The van der Waals surface area contributed by atoms with Crippen LogP contribution in [0.5, 0.6) is 0 Å². The number of ether oxygens (including phenoxy) is 2. The molecule has 2 aliphatic heterocycles. The van der Waals surface area contributed by atoms with Crippen molar-refractivity contribution in [1.82, 2.24) is 4.90 Å². The van der Waals surface area contributed by atoms with Crippen LogP contribution in [0.1, 0.15) is 19.3 Å². The third-order valence-electron chi connectivity index (χ3n) is 2.78. The fourth-order valence-corrected chi connectivity index (χ4v) is 1.92. The zero-order chi connectivity index (χ0) is 9.80. The number of hydrogen-bond acceptors (Lipinski definition) is 3. The summed E-state index contributed by atoms with van der Waals surface area (Å²) in [6.07, 6.45) is 2.91. The first-order valence-corrected chi connectivity index (χ1v) is 5.36. The average Bonchev–Trinajstić information content (AvgIpc) is 2.30. The Morgan fingerprint density at radius 2 is 1.93 bits per heavy atom. The lowest BCUT2D eigenvalue weighted by Crippen LogP contribution is -2.47. The Balaban J connectivity index is 1.85. The van der Waals surface area contributed by atoms with E-state index in [0.29, 0.717) is 13.2 Å². The minimum absolute atomic E-state index is 0.160. The van der Waals surface area contributed by atoms with Gasteiger partial charge in [0.05, 0.1) is 13.2 Å². The van der Waals surface area contributed by atoms with Crippen LogP contribution in [-0.4, -0.2) is 49.8 Å². The lowest BCUT2D eigenvalue weighted by molar-refractivity contribution is -0.150. The molecule has 4 nitrogen and oxygen atoms in total. The summed E-state index contributed by atoms with van der Waals surface area (Å²) in [5.41, 5.74) is 0. The second-order valence-electron chi connectivity index (χ2n) is 3.79. The van der Waals surface area contributed by atoms with Gasteiger partial charge in [0.2, 0.25) is 0 Å². The quantitative estimate of drug-likeness (QED) is 0.614. The molecule has 1 atom stereocenters. The number of nitrogens with zero attached hydrogens (tertiary/aromatic N) is 1.